The summed E-state index contributed by atoms with van der Waals surface area (Å²) in [6.45, 7) is 9.96. The molecule has 0 radical (unpaired) electrons. The van der Waals surface area contributed by atoms with Crippen molar-refractivity contribution in [3.63, 3.8) is 0 Å². The summed E-state index contributed by atoms with van der Waals surface area (Å²) in [7, 11) is -1.61. The molecule has 1 aromatic rings. The standard InChI is InChI=1S/C16H26O2Si/c1-5-13-11-18-16(17)12(2)15(13)19(3,4)14-9-7-6-8-10-14/h6-10,12-13,15-17H,5,11H2,1-4H3/t12-,13-,15-,16?/m0/s1. The largest absolute Gasteiger partial charge is 0.368 e. The van der Waals surface area contributed by atoms with Gasteiger partial charge in [0.15, 0.2) is 6.29 Å². The zero-order valence-corrected chi connectivity index (χ0v) is 13.5. The first-order chi connectivity index (χ1) is 8.98. The van der Waals surface area contributed by atoms with Gasteiger partial charge in [-0.05, 0) is 11.5 Å². The number of rotatable bonds is 3. The number of hydrogen-bond acceptors (Lipinski definition) is 2. The molecule has 1 saturated heterocycles. The minimum atomic E-state index is -1.61. The van der Waals surface area contributed by atoms with Crippen molar-refractivity contribution in [2.75, 3.05) is 6.61 Å². The van der Waals surface area contributed by atoms with Crippen LogP contribution in [0.4, 0.5) is 0 Å². The molecule has 0 bridgehead atoms. The van der Waals surface area contributed by atoms with E-state index < -0.39 is 14.4 Å². The fourth-order valence-electron chi connectivity index (χ4n) is 3.76. The molecule has 1 unspecified atom stereocenters. The van der Waals surface area contributed by atoms with Crippen LogP contribution in [0.5, 0.6) is 0 Å². The van der Waals surface area contributed by atoms with Crippen molar-refractivity contribution in [1.29, 1.82) is 0 Å². The van der Waals surface area contributed by atoms with Gasteiger partial charge < -0.3 is 9.84 Å². The van der Waals surface area contributed by atoms with Gasteiger partial charge in [0.25, 0.3) is 0 Å². The third-order valence-corrected chi connectivity index (χ3v) is 9.37. The number of hydrogen-bond donors (Lipinski definition) is 1. The average Bonchev–Trinajstić information content (AvgIpc) is 2.42. The van der Waals surface area contributed by atoms with E-state index in [0.29, 0.717) is 18.1 Å². The van der Waals surface area contributed by atoms with Gasteiger partial charge in [0, 0.05) is 5.92 Å². The molecular formula is C16H26O2Si. The van der Waals surface area contributed by atoms with Gasteiger partial charge in [-0.15, -0.1) is 0 Å². The average molecular weight is 278 g/mol. The first-order valence-electron chi connectivity index (χ1n) is 7.33. The lowest BCUT2D eigenvalue weighted by Crippen LogP contribution is -2.55. The molecule has 0 amide bonds. The molecule has 1 aliphatic heterocycles. The second-order valence-electron chi connectivity index (χ2n) is 6.36. The predicted molar refractivity (Wildman–Crippen MR) is 82.2 cm³/mol. The van der Waals surface area contributed by atoms with Crippen molar-refractivity contribution in [2.45, 2.75) is 45.2 Å². The first-order valence-corrected chi connectivity index (χ1v) is 10.4. The lowest BCUT2D eigenvalue weighted by atomic mass is 9.90. The molecule has 2 rings (SSSR count). The summed E-state index contributed by atoms with van der Waals surface area (Å²) in [5.74, 6) is 0.792. The van der Waals surface area contributed by atoms with E-state index >= 15 is 0 Å². The van der Waals surface area contributed by atoms with Crippen LogP contribution >= 0.6 is 0 Å². The minimum absolute atomic E-state index is 0.223. The normalized spacial score (nSPS) is 32.3. The quantitative estimate of drug-likeness (QED) is 0.861. The summed E-state index contributed by atoms with van der Waals surface area (Å²) in [5.41, 5.74) is 0.573. The molecule has 19 heavy (non-hydrogen) atoms. The van der Waals surface area contributed by atoms with Crippen LogP contribution in [0.3, 0.4) is 0 Å². The Kier molecular flexibility index (Phi) is 4.49. The Balaban J connectivity index is 2.35. The van der Waals surface area contributed by atoms with E-state index in [9.17, 15) is 5.11 Å². The van der Waals surface area contributed by atoms with Crippen LogP contribution in [0.2, 0.25) is 18.6 Å². The molecule has 1 N–H and O–H groups in total. The predicted octanol–water partition coefficient (Wildman–Crippen LogP) is 2.98. The van der Waals surface area contributed by atoms with E-state index in [4.69, 9.17) is 4.74 Å². The summed E-state index contributed by atoms with van der Waals surface area (Å²) in [5, 5.41) is 11.6. The zero-order chi connectivity index (χ0) is 14.0. The zero-order valence-electron chi connectivity index (χ0n) is 12.5. The van der Waals surface area contributed by atoms with Gasteiger partial charge in [0.05, 0.1) is 14.7 Å². The third-order valence-electron chi connectivity index (χ3n) is 4.88. The molecule has 1 heterocycles. The number of aliphatic hydroxyl groups excluding tert-OH is 1. The minimum Gasteiger partial charge on any atom is -0.368 e. The maximum absolute atomic E-state index is 10.1. The lowest BCUT2D eigenvalue weighted by molar-refractivity contribution is -0.171. The van der Waals surface area contributed by atoms with Crippen molar-refractivity contribution < 1.29 is 9.84 Å². The van der Waals surface area contributed by atoms with Gasteiger partial charge in [0.1, 0.15) is 0 Å². The molecule has 1 fully saturated rings. The molecule has 0 aromatic heterocycles. The Hall–Kier alpha value is -0.643. The van der Waals surface area contributed by atoms with E-state index in [1.807, 2.05) is 0 Å². The molecule has 2 nitrogen and oxygen atoms in total. The number of aliphatic hydroxyl groups is 1. The maximum atomic E-state index is 10.1. The Morgan fingerprint density at radius 3 is 2.47 bits per heavy atom. The van der Waals surface area contributed by atoms with Gasteiger partial charge in [-0.25, -0.2) is 0 Å². The summed E-state index contributed by atoms with van der Waals surface area (Å²) in [6, 6.07) is 10.9. The molecule has 1 aromatic carbocycles. The SMILES string of the molecule is CC[C@H]1COC(O)[C@@H](C)[C@@H]1[Si](C)(C)c1ccccc1. The topological polar surface area (TPSA) is 29.5 Å². The molecule has 0 aliphatic carbocycles. The van der Waals surface area contributed by atoms with Gasteiger partial charge in [-0.1, -0.05) is 68.9 Å². The highest BCUT2D eigenvalue weighted by atomic mass is 28.3. The van der Waals surface area contributed by atoms with E-state index in [0.717, 1.165) is 6.42 Å². The van der Waals surface area contributed by atoms with Crippen LogP contribution in [0.25, 0.3) is 0 Å². The summed E-state index contributed by atoms with van der Waals surface area (Å²) in [6.07, 6.45) is 0.536. The van der Waals surface area contributed by atoms with E-state index in [2.05, 4.69) is 57.3 Å². The van der Waals surface area contributed by atoms with Crippen molar-refractivity contribution in [2.24, 2.45) is 11.8 Å². The second-order valence-corrected chi connectivity index (χ2v) is 11.1. The molecule has 1 aliphatic rings. The maximum Gasteiger partial charge on any atom is 0.157 e. The highest BCUT2D eigenvalue weighted by Gasteiger charge is 2.46. The first kappa shape index (κ1) is 14.8. The summed E-state index contributed by atoms with van der Waals surface area (Å²) >= 11 is 0. The Bertz CT molecular complexity index is 402. The van der Waals surface area contributed by atoms with Crippen molar-refractivity contribution >= 4 is 13.3 Å². The monoisotopic (exact) mass is 278 g/mol. The number of benzene rings is 1. The van der Waals surface area contributed by atoms with Gasteiger partial charge >= 0.3 is 0 Å². The van der Waals surface area contributed by atoms with Crippen LogP contribution in [0, 0.1) is 11.8 Å². The molecule has 3 heteroatoms. The van der Waals surface area contributed by atoms with E-state index in [-0.39, 0.29) is 5.92 Å². The van der Waals surface area contributed by atoms with Crippen molar-refractivity contribution in [3.05, 3.63) is 30.3 Å². The summed E-state index contributed by atoms with van der Waals surface area (Å²) < 4.78 is 5.53. The van der Waals surface area contributed by atoms with Crippen LogP contribution in [0.15, 0.2) is 30.3 Å². The molecular weight excluding hydrogens is 252 g/mol. The highest BCUT2D eigenvalue weighted by Crippen LogP contribution is 2.43. The lowest BCUT2D eigenvalue weighted by Gasteiger charge is -2.47. The third kappa shape index (κ3) is 2.78. The summed E-state index contributed by atoms with van der Waals surface area (Å²) in [4.78, 5) is 0. The van der Waals surface area contributed by atoms with Crippen LogP contribution < -0.4 is 5.19 Å². The smallest absolute Gasteiger partial charge is 0.157 e. The Labute approximate surface area is 117 Å². The van der Waals surface area contributed by atoms with E-state index in [1.165, 1.54) is 5.19 Å². The Morgan fingerprint density at radius 1 is 1.26 bits per heavy atom. The van der Waals surface area contributed by atoms with Crippen molar-refractivity contribution in [1.82, 2.24) is 0 Å². The van der Waals surface area contributed by atoms with Crippen LogP contribution in [-0.2, 0) is 4.74 Å². The highest BCUT2D eigenvalue weighted by molar-refractivity contribution is 6.91. The van der Waals surface area contributed by atoms with Gasteiger partial charge in [0.2, 0.25) is 0 Å². The molecule has 4 atom stereocenters. The number of ether oxygens (including phenoxy) is 1. The Morgan fingerprint density at radius 2 is 1.89 bits per heavy atom. The molecule has 106 valence electrons. The second kappa shape index (κ2) is 5.78. The van der Waals surface area contributed by atoms with Gasteiger partial charge in [-0.2, -0.15) is 0 Å². The van der Waals surface area contributed by atoms with E-state index in [1.54, 1.807) is 0 Å². The van der Waals surface area contributed by atoms with Gasteiger partial charge in [-0.3, -0.25) is 0 Å². The fraction of sp³-hybridized carbons (Fsp3) is 0.625. The fourth-order valence-corrected chi connectivity index (χ4v) is 8.19. The van der Waals surface area contributed by atoms with Crippen LogP contribution in [-0.4, -0.2) is 26.1 Å². The molecule has 0 saturated carbocycles. The van der Waals surface area contributed by atoms with Crippen molar-refractivity contribution in [3.8, 4) is 0 Å². The van der Waals surface area contributed by atoms with Crippen LogP contribution in [0.1, 0.15) is 20.3 Å². The molecule has 0 spiro atoms.